The maximum atomic E-state index is 11.2. The Bertz CT molecular complexity index is 858. The monoisotopic (exact) mass is 399 g/mol. The van der Waals surface area contributed by atoms with E-state index in [-0.39, 0.29) is 38.6 Å². The molecule has 1 N–H and O–H groups in total. The van der Waals surface area contributed by atoms with E-state index in [2.05, 4.69) is 5.32 Å². The minimum Gasteiger partial charge on any atom is -0.454 e. The van der Waals surface area contributed by atoms with Gasteiger partial charge < -0.3 is 10.1 Å². The number of nitro benzene ring substituents is 2. The zero-order valence-corrected chi connectivity index (χ0v) is 15.6. The molecular formula is C16H15Cl2N3O5. The summed E-state index contributed by atoms with van der Waals surface area (Å²) in [7, 11) is 0. The lowest BCUT2D eigenvalue weighted by Gasteiger charge is -2.22. The number of nitrogens with one attached hydrogen (secondary N) is 1. The van der Waals surface area contributed by atoms with Crippen molar-refractivity contribution < 1.29 is 14.6 Å². The molecule has 0 fully saturated rings. The smallest absolute Gasteiger partial charge is 0.292 e. The zero-order valence-electron chi connectivity index (χ0n) is 14.1. The molecule has 2 rings (SSSR count). The highest BCUT2D eigenvalue weighted by molar-refractivity contribution is 6.37. The van der Waals surface area contributed by atoms with Gasteiger partial charge in [0.05, 0.1) is 19.9 Å². The van der Waals surface area contributed by atoms with Gasteiger partial charge in [0.25, 0.3) is 11.4 Å². The number of nitrogens with zero attached hydrogens (tertiary/aromatic N) is 2. The van der Waals surface area contributed by atoms with Gasteiger partial charge in [-0.15, -0.1) is 0 Å². The molecule has 0 atom stereocenters. The molecular weight excluding hydrogens is 385 g/mol. The lowest BCUT2D eigenvalue weighted by molar-refractivity contribution is -0.384. The second-order valence-electron chi connectivity index (χ2n) is 6.41. The molecule has 2 aromatic rings. The van der Waals surface area contributed by atoms with E-state index in [1.807, 2.05) is 20.8 Å². The van der Waals surface area contributed by atoms with Crippen LogP contribution in [0.2, 0.25) is 10.0 Å². The van der Waals surface area contributed by atoms with Crippen molar-refractivity contribution in [1.29, 1.82) is 0 Å². The van der Waals surface area contributed by atoms with Crippen molar-refractivity contribution in [2.75, 3.05) is 5.32 Å². The van der Waals surface area contributed by atoms with Crippen molar-refractivity contribution in [1.82, 2.24) is 0 Å². The summed E-state index contributed by atoms with van der Waals surface area (Å²) >= 11 is 12.0. The second-order valence-corrected chi connectivity index (χ2v) is 7.22. The van der Waals surface area contributed by atoms with Crippen LogP contribution in [0.5, 0.6) is 11.5 Å². The molecule has 0 bridgehead atoms. The van der Waals surface area contributed by atoms with E-state index in [4.69, 9.17) is 27.9 Å². The van der Waals surface area contributed by atoms with Crippen molar-refractivity contribution in [3.8, 4) is 11.5 Å². The highest BCUT2D eigenvalue weighted by Gasteiger charge is 2.21. The van der Waals surface area contributed by atoms with Crippen LogP contribution in [0.4, 0.5) is 17.1 Å². The maximum absolute atomic E-state index is 11.2. The van der Waals surface area contributed by atoms with Gasteiger partial charge in [-0.25, -0.2) is 0 Å². The number of anilines is 1. The molecule has 8 nitrogen and oxygen atoms in total. The third-order valence-electron chi connectivity index (χ3n) is 3.09. The molecule has 138 valence electrons. The Balaban J connectivity index is 2.43. The van der Waals surface area contributed by atoms with Crippen LogP contribution in [-0.4, -0.2) is 15.4 Å². The Morgan fingerprint density at radius 2 is 1.58 bits per heavy atom. The Morgan fingerprint density at radius 3 is 2.04 bits per heavy atom. The van der Waals surface area contributed by atoms with E-state index in [9.17, 15) is 20.2 Å². The third-order valence-corrected chi connectivity index (χ3v) is 3.65. The highest BCUT2D eigenvalue weighted by atomic mass is 35.5. The highest BCUT2D eigenvalue weighted by Crippen LogP contribution is 2.41. The van der Waals surface area contributed by atoms with Gasteiger partial charge >= 0.3 is 0 Å². The Labute approximate surface area is 159 Å². The maximum Gasteiger partial charge on any atom is 0.292 e. The quantitative estimate of drug-likeness (QED) is 0.501. The number of benzene rings is 2. The molecule has 0 aromatic heterocycles. The number of halogens is 2. The average Bonchev–Trinajstić information content (AvgIpc) is 2.48. The molecule has 0 amide bonds. The van der Waals surface area contributed by atoms with Crippen molar-refractivity contribution >= 4 is 40.3 Å². The molecule has 0 heterocycles. The van der Waals surface area contributed by atoms with E-state index < -0.39 is 15.4 Å². The van der Waals surface area contributed by atoms with E-state index in [0.29, 0.717) is 0 Å². The molecule has 0 radical (unpaired) electrons. The molecule has 10 heteroatoms. The van der Waals surface area contributed by atoms with Gasteiger partial charge in [-0.1, -0.05) is 23.2 Å². The zero-order chi connectivity index (χ0) is 19.6. The molecule has 0 unspecified atom stereocenters. The summed E-state index contributed by atoms with van der Waals surface area (Å²) in [6.07, 6.45) is 0. The lowest BCUT2D eigenvalue weighted by atomic mass is 10.1. The third kappa shape index (κ3) is 4.74. The normalized spacial score (nSPS) is 11.1. The molecule has 26 heavy (non-hydrogen) atoms. The van der Waals surface area contributed by atoms with Crippen LogP contribution < -0.4 is 10.1 Å². The molecule has 0 spiro atoms. The van der Waals surface area contributed by atoms with Gasteiger partial charge in [-0.2, -0.15) is 0 Å². The van der Waals surface area contributed by atoms with E-state index in [1.165, 1.54) is 18.2 Å². The first-order valence-electron chi connectivity index (χ1n) is 7.36. The van der Waals surface area contributed by atoms with Crippen LogP contribution in [0.1, 0.15) is 20.8 Å². The Kier molecular flexibility index (Phi) is 5.58. The fourth-order valence-corrected chi connectivity index (χ4v) is 2.66. The molecule has 0 saturated heterocycles. The summed E-state index contributed by atoms with van der Waals surface area (Å²) in [6.45, 7) is 5.57. The van der Waals surface area contributed by atoms with Crippen LogP contribution >= 0.6 is 23.2 Å². The van der Waals surface area contributed by atoms with Crippen molar-refractivity contribution in [3.05, 3.63) is 60.6 Å². The first-order chi connectivity index (χ1) is 12.0. The summed E-state index contributed by atoms with van der Waals surface area (Å²) < 4.78 is 5.62. The van der Waals surface area contributed by atoms with Crippen LogP contribution in [0.15, 0.2) is 30.3 Å². The molecule has 0 saturated carbocycles. The van der Waals surface area contributed by atoms with E-state index >= 15 is 0 Å². The first kappa shape index (κ1) is 19.7. The second kappa shape index (κ2) is 7.35. The average molecular weight is 400 g/mol. The Hall–Kier alpha value is -2.58. The minimum absolute atomic E-state index is 0.0227. The van der Waals surface area contributed by atoms with Gasteiger partial charge in [0.2, 0.25) is 0 Å². The Morgan fingerprint density at radius 1 is 1.00 bits per heavy atom. The predicted molar refractivity (Wildman–Crippen MR) is 99.7 cm³/mol. The summed E-state index contributed by atoms with van der Waals surface area (Å²) in [4.78, 5) is 20.9. The topological polar surface area (TPSA) is 108 Å². The minimum atomic E-state index is -0.626. The largest absolute Gasteiger partial charge is 0.454 e. The number of hydrogen-bond donors (Lipinski definition) is 1. The van der Waals surface area contributed by atoms with Crippen LogP contribution in [0, 0.1) is 20.2 Å². The van der Waals surface area contributed by atoms with Gasteiger partial charge in [-0.3, -0.25) is 20.2 Å². The van der Waals surface area contributed by atoms with Gasteiger partial charge in [0.15, 0.2) is 5.75 Å². The van der Waals surface area contributed by atoms with E-state index in [1.54, 1.807) is 0 Å². The van der Waals surface area contributed by atoms with E-state index in [0.717, 1.165) is 12.1 Å². The molecule has 0 aliphatic heterocycles. The molecule has 2 aromatic carbocycles. The van der Waals surface area contributed by atoms with Crippen molar-refractivity contribution in [2.45, 2.75) is 26.3 Å². The summed E-state index contributed by atoms with van der Waals surface area (Å²) in [5.41, 5.74) is -0.556. The van der Waals surface area contributed by atoms with Crippen LogP contribution in [-0.2, 0) is 0 Å². The molecule has 0 aliphatic carbocycles. The van der Waals surface area contributed by atoms with Gasteiger partial charge in [0, 0.05) is 29.8 Å². The van der Waals surface area contributed by atoms with Gasteiger partial charge in [0.1, 0.15) is 11.4 Å². The van der Waals surface area contributed by atoms with Crippen LogP contribution in [0.25, 0.3) is 0 Å². The van der Waals surface area contributed by atoms with Gasteiger partial charge in [-0.05, 0) is 26.8 Å². The predicted octanol–water partition coefficient (Wildman–Crippen LogP) is 5.81. The number of non-ortho nitro benzene ring substituents is 1. The number of rotatable bonds is 5. The number of ether oxygens (including phenoxy) is 1. The fraction of sp³-hybridized carbons (Fsp3) is 0.250. The summed E-state index contributed by atoms with van der Waals surface area (Å²) in [6, 6.07) is 6.35. The SMILES string of the molecule is CC(C)(C)Nc1cc(Oc2c(Cl)cc([N+](=O)[O-])cc2Cl)ccc1[N+](=O)[O-]. The summed E-state index contributed by atoms with van der Waals surface area (Å²) in [5, 5.41) is 25.0. The molecule has 0 aliphatic rings. The number of hydrogen-bond acceptors (Lipinski definition) is 6. The lowest BCUT2D eigenvalue weighted by Crippen LogP contribution is -2.26. The van der Waals surface area contributed by atoms with Crippen molar-refractivity contribution in [3.63, 3.8) is 0 Å². The first-order valence-corrected chi connectivity index (χ1v) is 8.11. The fourth-order valence-electron chi connectivity index (χ4n) is 2.11. The summed E-state index contributed by atoms with van der Waals surface area (Å²) in [5.74, 6) is 0.259. The van der Waals surface area contributed by atoms with Crippen LogP contribution in [0.3, 0.4) is 0 Å². The van der Waals surface area contributed by atoms with Crippen molar-refractivity contribution in [2.24, 2.45) is 0 Å². The standard InChI is InChI=1S/C16H15Cl2N3O5/c1-16(2,3)19-13-8-10(4-5-14(13)21(24)25)26-15-11(17)6-9(20(22)23)7-12(15)18/h4-8,19H,1-3H3. The number of nitro groups is 2.